The zero-order valence-electron chi connectivity index (χ0n) is 16.6. The standard InChI is InChI=1S/C24H18BrClN2O3/c1-24-14-20(18-7-3-5-9-21(18)31-24)27(22(29)17-6-2-4-8-19(17)25)23(30)28(24)16-12-10-15(26)11-13-16/h2-13,20H,14H2,1H3/t20-,24+/m0/s1. The fourth-order valence-corrected chi connectivity index (χ4v) is 4.95. The summed E-state index contributed by atoms with van der Waals surface area (Å²) in [5, 5.41) is 0.562. The Labute approximate surface area is 193 Å². The molecule has 2 heterocycles. The number of ether oxygens (including phenoxy) is 1. The molecule has 2 atom stereocenters. The van der Waals surface area contributed by atoms with Gasteiger partial charge in [-0.25, -0.2) is 4.79 Å². The van der Waals surface area contributed by atoms with Crippen molar-refractivity contribution in [1.82, 2.24) is 4.90 Å². The Morgan fingerprint density at radius 2 is 1.74 bits per heavy atom. The molecule has 2 bridgehead atoms. The lowest BCUT2D eigenvalue weighted by atomic mass is 9.88. The van der Waals surface area contributed by atoms with Crippen molar-refractivity contribution in [2.75, 3.05) is 4.90 Å². The number of nitrogens with zero attached hydrogens (tertiary/aromatic N) is 2. The summed E-state index contributed by atoms with van der Waals surface area (Å²) in [6.45, 7) is 1.88. The molecule has 0 spiro atoms. The van der Waals surface area contributed by atoms with Gasteiger partial charge in [0, 0.05) is 27.2 Å². The van der Waals surface area contributed by atoms with Crippen LogP contribution in [-0.4, -0.2) is 22.6 Å². The lowest BCUT2D eigenvalue weighted by molar-refractivity contribution is 0.00265. The van der Waals surface area contributed by atoms with Crippen LogP contribution >= 0.6 is 27.5 Å². The summed E-state index contributed by atoms with van der Waals surface area (Å²) in [5.41, 5.74) is 0.915. The van der Waals surface area contributed by atoms with Crippen LogP contribution in [0.4, 0.5) is 10.5 Å². The van der Waals surface area contributed by atoms with Crippen molar-refractivity contribution in [3.63, 3.8) is 0 Å². The van der Waals surface area contributed by atoms with Crippen molar-refractivity contribution in [1.29, 1.82) is 0 Å². The summed E-state index contributed by atoms with van der Waals surface area (Å²) in [7, 11) is 0. The van der Waals surface area contributed by atoms with Gasteiger partial charge in [-0.2, -0.15) is 0 Å². The number of benzene rings is 3. The molecule has 2 aliphatic heterocycles. The van der Waals surface area contributed by atoms with E-state index in [1.165, 1.54) is 4.90 Å². The number of imide groups is 1. The topological polar surface area (TPSA) is 49.9 Å². The molecule has 0 saturated carbocycles. The highest BCUT2D eigenvalue weighted by Crippen LogP contribution is 2.49. The molecular formula is C24H18BrClN2O3. The molecular weight excluding hydrogens is 480 g/mol. The molecule has 5 nitrogen and oxygen atoms in total. The van der Waals surface area contributed by atoms with E-state index in [-0.39, 0.29) is 5.91 Å². The summed E-state index contributed by atoms with van der Waals surface area (Å²) < 4.78 is 6.98. The molecule has 0 N–H and O–H groups in total. The minimum atomic E-state index is -0.950. The molecule has 3 amide bonds. The highest BCUT2D eigenvalue weighted by atomic mass is 79.9. The van der Waals surface area contributed by atoms with Crippen LogP contribution in [0.1, 0.15) is 35.3 Å². The average Bonchev–Trinajstić information content (AvgIpc) is 2.75. The second-order valence-electron chi connectivity index (χ2n) is 7.78. The maximum Gasteiger partial charge on any atom is 0.335 e. The van der Waals surface area contributed by atoms with E-state index >= 15 is 0 Å². The van der Waals surface area contributed by atoms with Crippen LogP contribution in [0.25, 0.3) is 0 Å². The summed E-state index contributed by atoms with van der Waals surface area (Å²) in [4.78, 5) is 30.4. The van der Waals surface area contributed by atoms with Crippen molar-refractivity contribution in [2.24, 2.45) is 0 Å². The smallest absolute Gasteiger partial charge is 0.335 e. The Balaban J connectivity index is 1.68. The molecule has 0 unspecified atom stereocenters. The van der Waals surface area contributed by atoms with Gasteiger partial charge in [-0.1, -0.05) is 41.9 Å². The van der Waals surface area contributed by atoms with Gasteiger partial charge in [-0.05, 0) is 65.3 Å². The van der Waals surface area contributed by atoms with Gasteiger partial charge < -0.3 is 4.74 Å². The van der Waals surface area contributed by atoms with Crippen molar-refractivity contribution in [2.45, 2.75) is 25.1 Å². The van der Waals surface area contributed by atoms with E-state index in [0.29, 0.717) is 32.9 Å². The van der Waals surface area contributed by atoms with E-state index in [0.717, 1.165) is 5.56 Å². The monoisotopic (exact) mass is 496 g/mol. The van der Waals surface area contributed by atoms with Crippen LogP contribution in [0, 0.1) is 0 Å². The fourth-order valence-electron chi connectivity index (χ4n) is 4.37. The fraction of sp³-hybridized carbons (Fsp3) is 0.167. The number of amides is 3. The van der Waals surface area contributed by atoms with Crippen molar-refractivity contribution < 1.29 is 14.3 Å². The van der Waals surface area contributed by atoms with Crippen LogP contribution in [0.3, 0.4) is 0 Å². The van der Waals surface area contributed by atoms with E-state index in [2.05, 4.69) is 15.9 Å². The number of hydrogen-bond acceptors (Lipinski definition) is 3. The highest BCUT2D eigenvalue weighted by molar-refractivity contribution is 9.10. The molecule has 2 aliphatic rings. The van der Waals surface area contributed by atoms with Crippen LogP contribution < -0.4 is 9.64 Å². The number of urea groups is 1. The number of fused-ring (bicyclic) bond motifs is 4. The Bertz CT molecular complexity index is 1200. The van der Waals surface area contributed by atoms with E-state index < -0.39 is 17.8 Å². The van der Waals surface area contributed by atoms with Crippen LogP contribution in [0.5, 0.6) is 5.75 Å². The van der Waals surface area contributed by atoms with Gasteiger partial charge in [0.15, 0.2) is 5.72 Å². The number of rotatable bonds is 2. The largest absolute Gasteiger partial charge is 0.467 e. The van der Waals surface area contributed by atoms with E-state index in [1.807, 2.05) is 37.3 Å². The van der Waals surface area contributed by atoms with Gasteiger partial charge in [-0.15, -0.1) is 0 Å². The minimum Gasteiger partial charge on any atom is -0.467 e. The molecule has 3 aromatic rings. The first-order valence-electron chi connectivity index (χ1n) is 9.85. The first kappa shape index (κ1) is 20.1. The number of para-hydroxylation sites is 1. The number of halogens is 2. The minimum absolute atomic E-state index is 0.361. The average molecular weight is 498 g/mol. The predicted octanol–water partition coefficient (Wildman–Crippen LogP) is 6.42. The number of anilines is 1. The summed E-state index contributed by atoms with van der Waals surface area (Å²) in [6, 6.07) is 20.8. The van der Waals surface area contributed by atoms with Gasteiger partial charge in [0.2, 0.25) is 0 Å². The molecule has 31 heavy (non-hydrogen) atoms. The molecule has 1 fully saturated rings. The summed E-state index contributed by atoms with van der Waals surface area (Å²) >= 11 is 9.52. The molecule has 0 aromatic heterocycles. The third kappa shape index (κ3) is 3.22. The zero-order chi connectivity index (χ0) is 21.8. The lowest BCUT2D eigenvalue weighted by Gasteiger charge is -2.53. The van der Waals surface area contributed by atoms with Crippen LogP contribution in [0.2, 0.25) is 5.02 Å². The van der Waals surface area contributed by atoms with Crippen molar-refractivity contribution >= 4 is 45.2 Å². The number of carbonyl (C=O) groups excluding carboxylic acids is 2. The number of carbonyl (C=O) groups is 2. The van der Waals surface area contributed by atoms with Gasteiger partial charge in [0.25, 0.3) is 5.91 Å². The second kappa shape index (κ2) is 7.39. The van der Waals surface area contributed by atoms with E-state index in [1.54, 1.807) is 47.4 Å². The third-order valence-corrected chi connectivity index (χ3v) is 6.71. The zero-order valence-corrected chi connectivity index (χ0v) is 18.9. The Morgan fingerprint density at radius 3 is 2.48 bits per heavy atom. The predicted molar refractivity (Wildman–Crippen MR) is 122 cm³/mol. The molecule has 156 valence electrons. The Morgan fingerprint density at radius 1 is 1.06 bits per heavy atom. The normalized spacial score (nSPS) is 22.0. The van der Waals surface area contributed by atoms with Gasteiger partial charge >= 0.3 is 6.03 Å². The quantitative estimate of drug-likeness (QED) is 0.410. The maximum atomic E-state index is 13.9. The lowest BCUT2D eigenvalue weighted by Crippen LogP contribution is -2.67. The highest BCUT2D eigenvalue weighted by Gasteiger charge is 2.55. The molecule has 0 radical (unpaired) electrons. The van der Waals surface area contributed by atoms with Crippen molar-refractivity contribution in [3.8, 4) is 5.75 Å². The maximum absolute atomic E-state index is 13.9. The Kier molecular flexibility index (Phi) is 4.79. The number of hydrogen-bond donors (Lipinski definition) is 0. The molecule has 5 rings (SSSR count). The van der Waals surface area contributed by atoms with Gasteiger partial charge in [0.05, 0.1) is 11.6 Å². The molecule has 7 heteroatoms. The van der Waals surface area contributed by atoms with Crippen molar-refractivity contribution in [3.05, 3.63) is 93.4 Å². The summed E-state index contributed by atoms with van der Waals surface area (Å²) in [5.74, 6) is 0.304. The summed E-state index contributed by atoms with van der Waals surface area (Å²) in [6.07, 6.45) is 0.439. The first-order chi connectivity index (χ1) is 14.9. The Hall–Kier alpha value is -2.83. The SMILES string of the molecule is C[C@]12C[C@@H](c3ccccc3O1)N(C(=O)c1ccccc1Br)C(=O)N2c1ccc(Cl)cc1. The van der Waals surface area contributed by atoms with Crippen LogP contribution in [0.15, 0.2) is 77.3 Å². The first-order valence-corrected chi connectivity index (χ1v) is 11.0. The molecule has 3 aromatic carbocycles. The van der Waals surface area contributed by atoms with E-state index in [9.17, 15) is 9.59 Å². The van der Waals surface area contributed by atoms with Gasteiger partial charge in [-0.3, -0.25) is 14.6 Å². The second-order valence-corrected chi connectivity index (χ2v) is 9.08. The van der Waals surface area contributed by atoms with Gasteiger partial charge in [0.1, 0.15) is 5.75 Å². The van der Waals surface area contributed by atoms with E-state index in [4.69, 9.17) is 16.3 Å². The molecule has 1 saturated heterocycles. The van der Waals surface area contributed by atoms with Crippen LogP contribution in [-0.2, 0) is 0 Å². The molecule has 0 aliphatic carbocycles. The third-order valence-electron chi connectivity index (χ3n) is 5.77.